The van der Waals surface area contributed by atoms with Gasteiger partial charge in [-0.3, -0.25) is 14.4 Å². The Morgan fingerprint density at radius 3 is 2.08 bits per heavy atom. The summed E-state index contributed by atoms with van der Waals surface area (Å²) in [4.78, 5) is 50.0. The molecule has 0 aliphatic carbocycles. The Labute approximate surface area is 280 Å². The SMILES string of the molecule is C[C@@H]1O[C@@H](OCCNC(=O)CCCCCNC(=O)[C@H](CCC(=O)OCc2ccccc2)NC(=O)OCc2ccccc2)[C@@H](O)[C@H](O)[C@@H]1O. The van der Waals surface area contributed by atoms with E-state index in [1.807, 2.05) is 48.5 Å². The molecule has 48 heavy (non-hydrogen) atoms. The molecule has 3 rings (SSSR count). The van der Waals surface area contributed by atoms with Crippen molar-refractivity contribution in [2.45, 2.75) is 95.4 Å². The van der Waals surface area contributed by atoms with Crippen LogP contribution in [0.5, 0.6) is 0 Å². The van der Waals surface area contributed by atoms with Crippen molar-refractivity contribution >= 4 is 23.9 Å². The molecule has 0 aromatic heterocycles. The lowest BCUT2D eigenvalue weighted by Gasteiger charge is -2.38. The van der Waals surface area contributed by atoms with Crippen LogP contribution in [0, 0.1) is 0 Å². The number of aliphatic hydroxyl groups is 3. The molecule has 6 N–H and O–H groups in total. The van der Waals surface area contributed by atoms with E-state index in [2.05, 4.69) is 16.0 Å². The number of carbonyl (C=O) groups is 4. The zero-order valence-corrected chi connectivity index (χ0v) is 27.1. The van der Waals surface area contributed by atoms with Gasteiger partial charge in [-0.05, 0) is 37.3 Å². The molecule has 0 radical (unpaired) electrons. The van der Waals surface area contributed by atoms with E-state index >= 15 is 0 Å². The van der Waals surface area contributed by atoms with Crippen LogP contribution in [-0.4, -0.2) is 95.6 Å². The summed E-state index contributed by atoms with van der Waals surface area (Å²) in [5.41, 5.74) is 1.61. The van der Waals surface area contributed by atoms with Gasteiger partial charge in [-0.1, -0.05) is 67.1 Å². The van der Waals surface area contributed by atoms with Gasteiger partial charge < -0.3 is 50.2 Å². The van der Waals surface area contributed by atoms with Crippen molar-refractivity contribution < 1.29 is 53.4 Å². The molecule has 0 bridgehead atoms. The molecule has 1 aliphatic heterocycles. The maximum absolute atomic E-state index is 13.0. The second kappa shape index (κ2) is 21.0. The average Bonchev–Trinajstić information content (AvgIpc) is 3.10. The number of hydrogen-bond acceptors (Lipinski definition) is 11. The summed E-state index contributed by atoms with van der Waals surface area (Å²) < 4.78 is 21.3. The van der Waals surface area contributed by atoms with Gasteiger partial charge >= 0.3 is 12.1 Å². The van der Waals surface area contributed by atoms with Gasteiger partial charge in [0.2, 0.25) is 11.8 Å². The molecule has 1 saturated heterocycles. The van der Waals surface area contributed by atoms with Crippen molar-refractivity contribution in [2.75, 3.05) is 19.7 Å². The highest BCUT2D eigenvalue weighted by atomic mass is 16.7. The third kappa shape index (κ3) is 14.0. The second-order valence-corrected chi connectivity index (χ2v) is 11.4. The smallest absolute Gasteiger partial charge is 0.408 e. The minimum atomic E-state index is -1.41. The highest BCUT2D eigenvalue weighted by Gasteiger charge is 2.42. The van der Waals surface area contributed by atoms with Crippen LogP contribution in [0.1, 0.15) is 56.6 Å². The number of carbonyl (C=O) groups excluding carboxylic acids is 4. The van der Waals surface area contributed by atoms with Crippen molar-refractivity contribution in [3.8, 4) is 0 Å². The summed E-state index contributed by atoms with van der Waals surface area (Å²) in [5, 5.41) is 37.6. The Morgan fingerprint density at radius 2 is 1.42 bits per heavy atom. The van der Waals surface area contributed by atoms with Gasteiger partial charge in [0.25, 0.3) is 0 Å². The maximum atomic E-state index is 13.0. The third-order valence-corrected chi connectivity index (χ3v) is 7.60. The number of alkyl carbamates (subject to hydrolysis) is 1. The number of nitrogens with one attached hydrogen (secondary N) is 3. The fraction of sp³-hybridized carbons (Fsp3) is 0.529. The molecule has 14 heteroatoms. The molecule has 264 valence electrons. The van der Waals surface area contributed by atoms with E-state index < -0.39 is 54.7 Å². The highest BCUT2D eigenvalue weighted by Crippen LogP contribution is 2.21. The zero-order chi connectivity index (χ0) is 34.7. The number of unbranched alkanes of at least 4 members (excludes halogenated alkanes) is 2. The minimum absolute atomic E-state index is 0.0111. The predicted octanol–water partition coefficient (Wildman–Crippen LogP) is 1.44. The summed E-state index contributed by atoms with van der Waals surface area (Å²) >= 11 is 0. The lowest BCUT2D eigenvalue weighted by atomic mass is 10.0. The Balaban J connectivity index is 1.33. The molecular formula is C34H47N3O11. The predicted molar refractivity (Wildman–Crippen MR) is 172 cm³/mol. The summed E-state index contributed by atoms with van der Waals surface area (Å²) in [5.74, 6) is -1.17. The molecule has 6 atom stereocenters. The van der Waals surface area contributed by atoms with Gasteiger partial charge in [0.05, 0.1) is 12.7 Å². The van der Waals surface area contributed by atoms with Crippen LogP contribution in [0.4, 0.5) is 4.79 Å². The molecule has 3 amide bonds. The Bertz CT molecular complexity index is 1270. The van der Waals surface area contributed by atoms with Gasteiger partial charge in [-0.15, -0.1) is 0 Å². The summed E-state index contributed by atoms with van der Waals surface area (Å²) in [6, 6.07) is 17.3. The number of hydrogen-bond donors (Lipinski definition) is 6. The van der Waals surface area contributed by atoms with E-state index in [0.717, 1.165) is 11.1 Å². The highest BCUT2D eigenvalue weighted by molar-refractivity contribution is 5.86. The Hall–Kier alpha value is -4.08. The first-order valence-electron chi connectivity index (χ1n) is 16.2. The van der Waals surface area contributed by atoms with Crippen LogP contribution >= 0.6 is 0 Å². The van der Waals surface area contributed by atoms with Crippen molar-refractivity contribution in [1.29, 1.82) is 0 Å². The van der Waals surface area contributed by atoms with E-state index in [9.17, 15) is 34.5 Å². The average molecular weight is 674 g/mol. The number of rotatable bonds is 19. The van der Waals surface area contributed by atoms with E-state index in [1.165, 1.54) is 0 Å². The second-order valence-electron chi connectivity index (χ2n) is 11.4. The minimum Gasteiger partial charge on any atom is -0.461 e. The first-order valence-corrected chi connectivity index (χ1v) is 16.2. The Kier molecular flexibility index (Phi) is 16.8. The van der Waals surface area contributed by atoms with Crippen molar-refractivity contribution in [1.82, 2.24) is 16.0 Å². The summed E-state index contributed by atoms with van der Waals surface area (Å²) in [6.07, 6.45) is -4.69. The largest absolute Gasteiger partial charge is 0.461 e. The summed E-state index contributed by atoms with van der Waals surface area (Å²) in [6.45, 7) is 2.17. The topological polar surface area (TPSA) is 202 Å². The van der Waals surface area contributed by atoms with Crippen LogP contribution < -0.4 is 16.0 Å². The Morgan fingerprint density at radius 1 is 0.771 bits per heavy atom. The monoisotopic (exact) mass is 673 g/mol. The van der Waals surface area contributed by atoms with Crippen molar-refractivity contribution in [2.24, 2.45) is 0 Å². The lowest BCUT2D eigenvalue weighted by molar-refractivity contribution is -0.292. The van der Waals surface area contributed by atoms with Crippen LogP contribution in [0.25, 0.3) is 0 Å². The first kappa shape index (κ1) is 38.4. The molecule has 0 saturated carbocycles. The maximum Gasteiger partial charge on any atom is 0.408 e. The zero-order valence-electron chi connectivity index (χ0n) is 27.1. The van der Waals surface area contributed by atoms with E-state index in [4.69, 9.17) is 18.9 Å². The van der Waals surface area contributed by atoms with Gasteiger partial charge in [-0.25, -0.2) is 4.79 Å². The van der Waals surface area contributed by atoms with Gasteiger partial charge in [0, 0.05) is 25.9 Å². The molecule has 0 spiro atoms. The lowest BCUT2D eigenvalue weighted by Crippen LogP contribution is -2.57. The van der Waals surface area contributed by atoms with Crippen molar-refractivity contribution in [3.63, 3.8) is 0 Å². The standard InChI is InChI=1S/C34H47N3O11/c1-23-29(40)30(41)31(42)33(48-23)45-20-19-35-27(38)15-9-4-10-18-36-32(43)26(37-34(44)47-22-25-13-7-3-8-14-25)16-17-28(39)46-21-24-11-5-2-6-12-24/h2-3,5-8,11-14,23,26,29-31,33,40-42H,4,9-10,15-22H2,1H3,(H,35,38)(H,36,43)(H,37,44)/t23-,26-,29+,30+,31-,33+/m0/s1. The molecule has 1 aliphatic rings. The summed E-state index contributed by atoms with van der Waals surface area (Å²) in [7, 11) is 0. The van der Waals surface area contributed by atoms with E-state index in [1.54, 1.807) is 19.1 Å². The fourth-order valence-corrected chi connectivity index (χ4v) is 4.78. The van der Waals surface area contributed by atoms with E-state index in [0.29, 0.717) is 25.8 Å². The van der Waals surface area contributed by atoms with Crippen LogP contribution in [-0.2, 0) is 46.5 Å². The molecule has 1 heterocycles. The van der Waals surface area contributed by atoms with Crippen molar-refractivity contribution in [3.05, 3.63) is 71.8 Å². The fourth-order valence-electron chi connectivity index (χ4n) is 4.78. The molecule has 14 nitrogen and oxygen atoms in total. The molecule has 2 aromatic rings. The van der Waals surface area contributed by atoms with E-state index in [-0.39, 0.29) is 51.5 Å². The van der Waals surface area contributed by atoms with Gasteiger partial charge in [0.15, 0.2) is 6.29 Å². The van der Waals surface area contributed by atoms with Crippen LogP contribution in [0.2, 0.25) is 0 Å². The number of benzene rings is 2. The number of amides is 3. The molecule has 0 unspecified atom stereocenters. The van der Waals surface area contributed by atoms with Gasteiger partial charge in [0.1, 0.15) is 37.6 Å². The van der Waals surface area contributed by atoms with Crippen LogP contribution in [0.3, 0.4) is 0 Å². The van der Waals surface area contributed by atoms with Gasteiger partial charge in [-0.2, -0.15) is 0 Å². The third-order valence-electron chi connectivity index (χ3n) is 7.60. The normalized spacial score (nSPS) is 21.0. The number of aliphatic hydroxyl groups excluding tert-OH is 3. The molecule has 1 fully saturated rings. The molecule has 2 aromatic carbocycles. The van der Waals surface area contributed by atoms with Crippen LogP contribution in [0.15, 0.2) is 60.7 Å². The number of esters is 1. The first-order chi connectivity index (χ1) is 23.1. The quantitative estimate of drug-likeness (QED) is 0.0931. The molecular weight excluding hydrogens is 626 g/mol. The number of ether oxygens (including phenoxy) is 4.